The Morgan fingerprint density at radius 2 is 1.53 bits per heavy atom. The number of aromatic nitrogens is 2. The van der Waals surface area contributed by atoms with Crippen LogP contribution in [0.3, 0.4) is 0 Å². The number of rotatable bonds is 7. The van der Waals surface area contributed by atoms with E-state index in [1.165, 1.54) is 28.9 Å². The Balaban J connectivity index is 1.77. The number of carbonyl (C=O) groups excluding carboxylic acids is 2. The summed E-state index contributed by atoms with van der Waals surface area (Å²) in [6.07, 6.45) is 0.637. The van der Waals surface area contributed by atoms with Crippen LogP contribution in [-0.4, -0.2) is 36.1 Å². The third-order valence-corrected chi connectivity index (χ3v) is 6.82. The third kappa shape index (κ3) is 5.32. The van der Waals surface area contributed by atoms with E-state index >= 15 is 0 Å². The maximum absolute atomic E-state index is 12.8. The molecule has 0 aliphatic heterocycles. The molecule has 180 valence electrons. The molecule has 0 bridgehead atoms. The van der Waals surface area contributed by atoms with Gasteiger partial charge in [0.2, 0.25) is 10.0 Å². The minimum Gasteiger partial charge on any atom is -0.267 e. The lowest BCUT2D eigenvalue weighted by atomic mass is 10.1. The quantitative estimate of drug-likeness (QED) is 0.438. The summed E-state index contributed by atoms with van der Waals surface area (Å²) in [5, 5.41) is 4.89. The van der Waals surface area contributed by atoms with Crippen molar-refractivity contribution in [3.63, 3.8) is 0 Å². The summed E-state index contributed by atoms with van der Waals surface area (Å²) in [5.74, 6) is -1.34. The number of carbonyl (C=O) groups is 2. The molecule has 11 heteroatoms. The van der Waals surface area contributed by atoms with Crippen molar-refractivity contribution in [3.05, 3.63) is 70.1 Å². The SMILES string of the molecule is CCC(C)NS(=O)(=O)c1ccc(C(=O)NNC(=O)c2nn(C(C)C)c(=O)c3ccccc23)cc1. The number of nitrogens with one attached hydrogen (secondary N) is 3. The van der Waals surface area contributed by atoms with Gasteiger partial charge < -0.3 is 0 Å². The van der Waals surface area contributed by atoms with Gasteiger partial charge in [-0.1, -0.05) is 25.1 Å². The fourth-order valence-electron chi connectivity index (χ4n) is 3.17. The minimum atomic E-state index is -3.70. The van der Waals surface area contributed by atoms with Crippen molar-refractivity contribution >= 4 is 32.6 Å². The van der Waals surface area contributed by atoms with E-state index in [1.807, 2.05) is 6.92 Å². The van der Waals surface area contributed by atoms with Gasteiger partial charge in [-0.15, -0.1) is 0 Å². The largest absolute Gasteiger partial charge is 0.290 e. The minimum absolute atomic E-state index is 0.0123. The van der Waals surface area contributed by atoms with Gasteiger partial charge in [-0.05, 0) is 57.5 Å². The molecule has 1 aromatic heterocycles. The number of fused-ring (bicyclic) bond motifs is 1. The van der Waals surface area contributed by atoms with Crippen molar-refractivity contribution in [2.24, 2.45) is 0 Å². The molecule has 0 spiro atoms. The van der Waals surface area contributed by atoms with Crippen LogP contribution in [0.2, 0.25) is 0 Å². The molecule has 0 fully saturated rings. The Morgan fingerprint density at radius 3 is 2.12 bits per heavy atom. The second-order valence-electron chi connectivity index (χ2n) is 8.10. The Kier molecular flexibility index (Phi) is 7.48. The molecule has 0 saturated heterocycles. The van der Waals surface area contributed by atoms with E-state index in [0.29, 0.717) is 17.2 Å². The average molecular weight is 486 g/mol. The van der Waals surface area contributed by atoms with Crippen molar-refractivity contribution < 1.29 is 18.0 Å². The average Bonchev–Trinajstić information content (AvgIpc) is 2.82. The van der Waals surface area contributed by atoms with Crippen LogP contribution < -0.4 is 21.1 Å². The summed E-state index contributed by atoms with van der Waals surface area (Å²) in [7, 11) is -3.70. The highest BCUT2D eigenvalue weighted by Crippen LogP contribution is 2.15. The highest BCUT2D eigenvalue weighted by atomic mass is 32.2. The van der Waals surface area contributed by atoms with Crippen LogP contribution in [0.15, 0.2) is 58.2 Å². The van der Waals surface area contributed by atoms with Gasteiger partial charge in [0.25, 0.3) is 17.4 Å². The second kappa shape index (κ2) is 10.1. The summed E-state index contributed by atoms with van der Waals surface area (Å²) < 4.78 is 28.5. The van der Waals surface area contributed by atoms with Crippen LogP contribution in [0.4, 0.5) is 0 Å². The van der Waals surface area contributed by atoms with Gasteiger partial charge in [0, 0.05) is 17.0 Å². The first kappa shape index (κ1) is 25.1. The molecule has 0 aliphatic rings. The van der Waals surface area contributed by atoms with Gasteiger partial charge in [0.05, 0.1) is 16.3 Å². The lowest BCUT2D eigenvalue weighted by Crippen LogP contribution is -2.43. The molecule has 0 aliphatic carbocycles. The summed E-state index contributed by atoms with van der Waals surface area (Å²) >= 11 is 0. The van der Waals surface area contributed by atoms with Crippen LogP contribution in [-0.2, 0) is 10.0 Å². The van der Waals surface area contributed by atoms with Crippen LogP contribution >= 0.6 is 0 Å². The van der Waals surface area contributed by atoms with Gasteiger partial charge in [0.15, 0.2) is 5.69 Å². The molecule has 3 N–H and O–H groups in total. The summed E-state index contributed by atoms with van der Waals surface area (Å²) in [6, 6.07) is 11.4. The predicted molar refractivity (Wildman–Crippen MR) is 128 cm³/mol. The number of amides is 2. The molecule has 2 aromatic carbocycles. The normalized spacial score (nSPS) is 12.5. The lowest BCUT2D eigenvalue weighted by molar-refractivity contribution is 0.0843. The first-order chi connectivity index (χ1) is 16.0. The van der Waals surface area contributed by atoms with E-state index in [1.54, 1.807) is 45.0 Å². The van der Waals surface area contributed by atoms with E-state index in [0.717, 1.165) is 0 Å². The molecule has 34 heavy (non-hydrogen) atoms. The molecular formula is C23H27N5O5S. The summed E-state index contributed by atoms with van der Waals surface area (Å²) in [6.45, 7) is 7.17. The van der Waals surface area contributed by atoms with Gasteiger partial charge in [0.1, 0.15) is 0 Å². The molecular weight excluding hydrogens is 458 g/mol. The highest BCUT2D eigenvalue weighted by Gasteiger charge is 2.20. The zero-order valence-electron chi connectivity index (χ0n) is 19.3. The Bertz CT molecular complexity index is 1380. The lowest BCUT2D eigenvalue weighted by Gasteiger charge is -2.14. The van der Waals surface area contributed by atoms with Crippen molar-refractivity contribution in [2.75, 3.05) is 0 Å². The molecule has 10 nitrogen and oxygen atoms in total. The molecule has 3 rings (SSSR count). The van der Waals surface area contributed by atoms with Crippen molar-refractivity contribution in [2.45, 2.75) is 51.1 Å². The zero-order valence-corrected chi connectivity index (χ0v) is 20.1. The van der Waals surface area contributed by atoms with Gasteiger partial charge in [-0.2, -0.15) is 5.10 Å². The number of hydrazine groups is 1. The highest BCUT2D eigenvalue weighted by molar-refractivity contribution is 7.89. The number of nitrogens with zero attached hydrogens (tertiary/aromatic N) is 2. The summed E-state index contributed by atoms with van der Waals surface area (Å²) in [4.78, 5) is 37.9. The van der Waals surface area contributed by atoms with Crippen LogP contribution in [0.25, 0.3) is 10.8 Å². The molecule has 1 atom stereocenters. The van der Waals surface area contributed by atoms with Crippen LogP contribution in [0.1, 0.15) is 61.0 Å². The molecule has 2 amide bonds. The number of hydrogen-bond donors (Lipinski definition) is 3. The zero-order chi connectivity index (χ0) is 25.0. The second-order valence-corrected chi connectivity index (χ2v) is 9.81. The Hall–Kier alpha value is -3.57. The Labute approximate surface area is 197 Å². The third-order valence-electron chi connectivity index (χ3n) is 5.22. The van der Waals surface area contributed by atoms with Crippen molar-refractivity contribution in [1.29, 1.82) is 0 Å². The van der Waals surface area contributed by atoms with Crippen molar-refractivity contribution in [3.8, 4) is 0 Å². The fourth-order valence-corrected chi connectivity index (χ4v) is 4.50. The maximum Gasteiger partial charge on any atom is 0.290 e. The first-order valence-corrected chi connectivity index (χ1v) is 12.3. The first-order valence-electron chi connectivity index (χ1n) is 10.8. The molecule has 0 saturated carbocycles. The topological polar surface area (TPSA) is 139 Å². The molecule has 0 radical (unpaired) electrons. The van der Waals surface area contributed by atoms with E-state index in [9.17, 15) is 22.8 Å². The summed E-state index contributed by atoms with van der Waals surface area (Å²) in [5.41, 5.74) is 4.42. The smallest absolute Gasteiger partial charge is 0.267 e. The van der Waals surface area contributed by atoms with Crippen LogP contribution in [0.5, 0.6) is 0 Å². The van der Waals surface area contributed by atoms with Gasteiger partial charge in [-0.3, -0.25) is 25.2 Å². The Morgan fingerprint density at radius 1 is 0.941 bits per heavy atom. The monoisotopic (exact) mass is 485 g/mol. The molecule has 3 aromatic rings. The predicted octanol–water partition coefficient (Wildman–Crippen LogP) is 2.13. The molecule has 1 unspecified atom stereocenters. The number of sulfonamides is 1. The number of hydrogen-bond acceptors (Lipinski definition) is 6. The maximum atomic E-state index is 12.8. The van der Waals surface area contributed by atoms with Crippen LogP contribution in [0, 0.1) is 0 Å². The van der Waals surface area contributed by atoms with E-state index in [2.05, 4.69) is 20.7 Å². The molecule has 1 heterocycles. The van der Waals surface area contributed by atoms with Crippen molar-refractivity contribution in [1.82, 2.24) is 25.4 Å². The van der Waals surface area contributed by atoms with E-state index < -0.39 is 21.8 Å². The van der Waals surface area contributed by atoms with Gasteiger partial charge in [-0.25, -0.2) is 17.8 Å². The van der Waals surface area contributed by atoms with E-state index in [-0.39, 0.29) is 33.8 Å². The standard InChI is InChI=1S/C23H27N5O5S/c1-5-15(4)27-34(32,33)17-12-10-16(11-13-17)21(29)24-25-22(30)20-18-8-6-7-9-19(18)23(31)28(26-20)14(2)3/h6-15,27H,5H2,1-4H3,(H,24,29)(H,25,30). The number of benzene rings is 2. The fraction of sp³-hybridized carbons (Fsp3) is 0.304. The van der Waals surface area contributed by atoms with E-state index in [4.69, 9.17) is 0 Å². The van der Waals surface area contributed by atoms with Gasteiger partial charge >= 0.3 is 0 Å².